The number of hydrogen-bond donors (Lipinski definition) is 1. The summed E-state index contributed by atoms with van der Waals surface area (Å²) in [5, 5.41) is 3.40. The van der Waals surface area contributed by atoms with E-state index in [2.05, 4.69) is 5.32 Å². The topological polar surface area (TPSA) is 56.8 Å². The summed E-state index contributed by atoms with van der Waals surface area (Å²) in [6.45, 7) is 1.51. The summed E-state index contributed by atoms with van der Waals surface area (Å²) < 4.78 is 16.2. The van der Waals surface area contributed by atoms with Gasteiger partial charge in [0, 0.05) is 20.3 Å². The van der Waals surface area contributed by atoms with Crippen LogP contribution in [0.15, 0.2) is 0 Å². The third kappa shape index (κ3) is 3.09. The van der Waals surface area contributed by atoms with Gasteiger partial charge >= 0.3 is 5.97 Å². The first-order chi connectivity index (χ1) is 9.23. The first-order valence-corrected chi connectivity index (χ1v) is 7.21. The van der Waals surface area contributed by atoms with Crippen LogP contribution in [0.4, 0.5) is 0 Å². The fourth-order valence-electron chi connectivity index (χ4n) is 3.25. The Kier molecular flexibility index (Phi) is 5.19. The molecule has 5 nitrogen and oxygen atoms in total. The van der Waals surface area contributed by atoms with Crippen LogP contribution >= 0.6 is 0 Å². The van der Waals surface area contributed by atoms with Crippen LogP contribution in [0.1, 0.15) is 38.5 Å². The molecular weight excluding hydrogens is 246 g/mol. The minimum absolute atomic E-state index is 0.116. The number of carbonyl (C=O) groups excluding carboxylic acids is 1. The van der Waals surface area contributed by atoms with Crippen LogP contribution in [-0.4, -0.2) is 51.1 Å². The van der Waals surface area contributed by atoms with Crippen molar-refractivity contribution in [3.63, 3.8) is 0 Å². The molecule has 1 aliphatic heterocycles. The van der Waals surface area contributed by atoms with Crippen LogP contribution in [0.2, 0.25) is 0 Å². The van der Waals surface area contributed by atoms with Gasteiger partial charge in [0.05, 0.1) is 19.3 Å². The lowest BCUT2D eigenvalue weighted by Crippen LogP contribution is -2.63. The molecule has 1 saturated heterocycles. The number of methoxy groups -OCH3 is 2. The van der Waals surface area contributed by atoms with Crippen molar-refractivity contribution in [3.8, 4) is 0 Å². The number of hydrogen-bond acceptors (Lipinski definition) is 5. The second-order valence-corrected chi connectivity index (χ2v) is 5.45. The van der Waals surface area contributed by atoms with Crippen molar-refractivity contribution in [2.45, 2.75) is 56.3 Å². The molecule has 19 heavy (non-hydrogen) atoms. The predicted octanol–water partition coefficient (Wildman–Crippen LogP) is 1.26. The summed E-state index contributed by atoms with van der Waals surface area (Å²) in [4.78, 5) is 12.3. The lowest BCUT2D eigenvalue weighted by molar-refractivity contribution is -0.158. The predicted molar refractivity (Wildman–Crippen MR) is 71.0 cm³/mol. The third-order valence-corrected chi connectivity index (χ3v) is 4.34. The zero-order chi connectivity index (χ0) is 13.7. The highest BCUT2D eigenvalue weighted by Gasteiger charge is 2.48. The Balaban J connectivity index is 2.06. The molecule has 0 radical (unpaired) electrons. The molecule has 2 rings (SSSR count). The van der Waals surface area contributed by atoms with Gasteiger partial charge in [-0.3, -0.25) is 5.32 Å². The maximum absolute atomic E-state index is 12.3. The summed E-state index contributed by atoms with van der Waals surface area (Å²) in [7, 11) is 3.11. The van der Waals surface area contributed by atoms with Gasteiger partial charge in [-0.15, -0.1) is 0 Å². The molecule has 0 spiro atoms. The highest BCUT2D eigenvalue weighted by molar-refractivity contribution is 5.82. The van der Waals surface area contributed by atoms with Crippen LogP contribution in [0, 0.1) is 0 Å². The fourth-order valence-corrected chi connectivity index (χ4v) is 3.25. The molecule has 0 amide bonds. The monoisotopic (exact) mass is 271 g/mol. The van der Waals surface area contributed by atoms with E-state index in [1.165, 1.54) is 7.11 Å². The van der Waals surface area contributed by atoms with Crippen LogP contribution in [-0.2, 0) is 19.0 Å². The first kappa shape index (κ1) is 14.8. The van der Waals surface area contributed by atoms with Crippen LogP contribution < -0.4 is 5.32 Å². The summed E-state index contributed by atoms with van der Waals surface area (Å²) in [5.74, 6) is -0.211. The number of nitrogens with one attached hydrogen (secondary N) is 1. The standard InChI is InChI=1S/C14H25NO4/c1-17-12-7-3-4-8-14(12,13(16)18-2)15-10-11-6-5-9-19-11/h11-12,15H,3-10H2,1-2H3. The van der Waals surface area contributed by atoms with Crippen molar-refractivity contribution in [2.24, 2.45) is 0 Å². The van der Waals surface area contributed by atoms with Crippen molar-refractivity contribution >= 4 is 5.97 Å². The van der Waals surface area contributed by atoms with Gasteiger partial charge in [0.1, 0.15) is 5.54 Å². The molecule has 1 aliphatic carbocycles. The molecule has 1 N–H and O–H groups in total. The van der Waals surface area contributed by atoms with Crippen molar-refractivity contribution in [1.29, 1.82) is 0 Å². The van der Waals surface area contributed by atoms with Gasteiger partial charge in [-0.25, -0.2) is 4.79 Å². The lowest BCUT2D eigenvalue weighted by Gasteiger charge is -2.41. The maximum Gasteiger partial charge on any atom is 0.328 e. The van der Waals surface area contributed by atoms with Crippen molar-refractivity contribution in [2.75, 3.05) is 27.4 Å². The zero-order valence-corrected chi connectivity index (χ0v) is 11.9. The molecule has 0 aromatic carbocycles. The minimum Gasteiger partial charge on any atom is -0.468 e. The Bertz CT molecular complexity index is 304. The molecule has 0 aromatic rings. The van der Waals surface area contributed by atoms with E-state index in [1.807, 2.05) is 0 Å². The Morgan fingerprint density at radius 2 is 2.16 bits per heavy atom. The van der Waals surface area contributed by atoms with E-state index in [0.29, 0.717) is 6.54 Å². The number of rotatable bonds is 5. The Morgan fingerprint density at radius 1 is 1.32 bits per heavy atom. The first-order valence-electron chi connectivity index (χ1n) is 7.21. The molecule has 5 heteroatoms. The van der Waals surface area contributed by atoms with E-state index in [9.17, 15) is 4.79 Å². The van der Waals surface area contributed by atoms with Gasteiger partial charge in [-0.1, -0.05) is 12.8 Å². The van der Waals surface area contributed by atoms with Gasteiger partial charge in [-0.2, -0.15) is 0 Å². The zero-order valence-electron chi connectivity index (χ0n) is 11.9. The molecule has 2 fully saturated rings. The Hall–Kier alpha value is -0.650. The highest BCUT2D eigenvalue weighted by atomic mass is 16.5. The van der Waals surface area contributed by atoms with Gasteiger partial charge in [0.2, 0.25) is 0 Å². The molecule has 0 bridgehead atoms. The van der Waals surface area contributed by atoms with Gasteiger partial charge < -0.3 is 14.2 Å². The van der Waals surface area contributed by atoms with Crippen LogP contribution in [0.3, 0.4) is 0 Å². The van der Waals surface area contributed by atoms with Gasteiger partial charge in [0.25, 0.3) is 0 Å². The molecule has 2 aliphatic rings. The van der Waals surface area contributed by atoms with E-state index in [-0.39, 0.29) is 18.2 Å². The highest BCUT2D eigenvalue weighted by Crippen LogP contribution is 2.32. The van der Waals surface area contributed by atoms with E-state index in [0.717, 1.165) is 45.1 Å². The van der Waals surface area contributed by atoms with Crippen molar-refractivity contribution < 1.29 is 19.0 Å². The molecule has 3 unspecified atom stereocenters. The molecule has 3 atom stereocenters. The van der Waals surface area contributed by atoms with Crippen LogP contribution in [0.5, 0.6) is 0 Å². The van der Waals surface area contributed by atoms with E-state index < -0.39 is 5.54 Å². The van der Waals surface area contributed by atoms with Crippen LogP contribution in [0.25, 0.3) is 0 Å². The molecule has 1 heterocycles. The summed E-state index contributed by atoms with van der Waals surface area (Å²) in [6.07, 6.45) is 6.03. The number of ether oxygens (including phenoxy) is 3. The quantitative estimate of drug-likeness (QED) is 0.763. The minimum atomic E-state index is -0.701. The lowest BCUT2D eigenvalue weighted by atomic mass is 9.78. The summed E-state index contributed by atoms with van der Waals surface area (Å²) >= 11 is 0. The Morgan fingerprint density at radius 3 is 2.79 bits per heavy atom. The molecular formula is C14H25NO4. The third-order valence-electron chi connectivity index (χ3n) is 4.34. The Labute approximate surface area is 115 Å². The molecule has 1 saturated carbocycles. The average molecular weight is 271 g/mol. The van der Waals surface area contributed by atoms with Crippen molar-refractivity contribution in [3.05, 3.63) is 0 Å². The summed E-state index contributed by atoms with van der Waals surface area (Å²) in [6, 6.07) is 0. The van der Waals surface area contributed by atoms with E-state index >= 15 is 0 Å². The maximum atomic E-state index is 12.3. The average Bonchev–Trinajstić information content (AvgIpc) is 2.97. The van der Waals surface area contributed by atoms with Gasteiger partial charge in [0.15, 0.2) is 0 Å². The SMILES string of the molecule is COC(=O)C1(NCC2CCCO2)CCCCC1OC. The number of esters is 1. The fraction of sp³-hybridized carbons (Fsp3) is 0.929. The van der Waals surface area contributed by atoms with Crippen molar-refractivity contribution in [1.82, 2.24) is 5.32 Å². The van der Waals surface area contributed by atoms with Gasteiger partial charge in [-0.05, 0) is 25.7 Å². The second kappa shape index (κ2) is 6.68. The smallest absolute Gasteiger partial charge is 0.328 e. The largest absolute Gasteiger partial charge is 0.468 e. The molecule has 110 valence electrons. The summed E-state index contributed by atoms with van der Waals surface area (Å²) in [5.41, 5.74) is -0.701. The second-order valence-electron chi connectivity index (χ2n) is 5.45. The normalized spacial score (nSPS) is 35.3. The number of carbonyl (C=O) groups is 1. The van der Waals surface area contributed by atoms with E-state index in [4.69, 9.17) is 14.2 Å². The van der Waals surface area contributed by atoms with E-state index in [1.54, 1.807) is 7.11 Å². The molecule has 0 aromatic heterocycles.